The maximum atomic E-state index is 11.7. The van der Waals surface area contributed by atoms with Crippen molar-refractivity contribution in [3.63, 3.8) is 0 Å². The van der Waals surface area contributed by atoms with Gasteiger partial charge in [0.15, 0.2) is 0 Å². The Balaban J connectivity index is 2.03. The molecule has 0 N–H and O–H groups in total. The zero-order chi connectivity index (χ0) is 15.5. The molecule has 1 saturated carbocycles. The summed E-state index contributed by atoms with van der Waals surface area (Å²) in [5.74, 6) is 0.761. The van der Waals surface area contributed by atoms with E-state index < -0.39 is 0 Å². The Bertz CT molecular complexity index is 463. The summed E-state index contributed by atoms with van der Waals surface area (Å²) in [7, 11) is 2.11. The molecule has 1 fully saturated rings. The molecule has 1 aromatic rings. The molecule has 0 spiro atoms. The van der Waals surface area contributed by atoms with E-state index in [0.29, 0.717) is 6.04 Å². The van der Waals surface area contributed by atoms with Gasteiger partial charge in [0, 0.05) is 23.0 Å². The number of hydrogen-bond donors (Lipinski definition) is 0. The molecule has 1 aromatic carbocycles. The first-order chi connectivity index (χ1) is 9.96. The van der Waals surface area contributed by atoms with Crippen LogP contribution in [0.15, 0.2) is 24.3 Å². The third-order valence-electron chi connectivity index (χ3n) is 5.10. The quantitative estimate of drug-likeness (QED) is 0.733. The van der Waals surface area contributed by atoms with Gasteiger partial charge < -0.3 is 4.79 Å². The molecule has 0 amide bonds. The number of hydrogen-bond acceptors (Lipinski definition) is 2. The summed E-state index contributed by atoms with van der Waals surface area (Å²) < 4.78 is 0. The fourth-order valence-corrected chi connectivity index (χ4v) is 3.41. The van der Waals surface area contributed by atoms with E-state index in [1.807, 2.05) is 12.1 Å². The minimum absolute atomic E-state index is 0.151. The number of carbonyl (C=O) groups excluding carboxylic acids is 1. The molecule has 116 valence electrons. The average molecular weight is 308 g/mol. The van der Waals surface area contributed by atoms with Crippen LogP contribution in [0.1, 0.15) is 51.1 Å². The third-order valence-corrected chi connectivity index (χ3v) is 5.35. The van der Waals surface area contributed by atoms with Crippen LogP contribution in [0.3, 0.4) is 0 Å². The van der Waals surface area contributed by atoms with Crippen LogP contribution in [0, 0.1) is 11.3 Å². The molecule has 3 heteroatoms. The summed E-state index contributed by atoms with van der Waals surface area (Å²) in [4.78, 5) is 14.0. The number of carbonyl (C=O) groups is 1. The van der Waals surface area contributed by atoms with Gasteiger partial charge in [-0.15, -0.1) is 0 Å². The van der Waals surface area contributed by atoms with Gasteiger partial charge in [-0.1, -0.05) is 30.7 Å². The zero-order valence-electron chi connectivity index (χ0n) is 13.3. The number of aldehydes is 1. The molecule has 0 heterocycles. The molecule has 1 aliphatic rings. The van der Waals surface area contributed by atoms with Crippen LogP contribution in [-0.4, -0.2) is 24.8 Å². The first-order valence-electron chi connectivity index (χ1n) is 7.88. The molecule has 2 rings (SSSR count). The summed E-state index contributed by atoms with van der Waals surface area (Å²) in [6, 6.07) is 8.29. The SMILES string of the molecule is CC1CCC(C=O)(CN(C)C(C)c2ccc(Cl)cc2)CC1. The van der Waals surface area contributed by atoms with Crippen molar-refractivity contribution in [1.29, 1.82) is 0 Å². The van der Waals surface area contributed by atoms with E-state index in [4.69, 9.17) is 11.6 Å². The molecule has 0 aromatic heterocycles. The highest BCUT2D eigenvalue weighted by molar-refractivity contribution is 6.30. The summed E-state index contributed by atoms with van der Waals surface area (Å²) in [5.41, 5.74) is 1.09. The second-order valence-electron chi connectivity index (χ2n) is 6.81. The lowest BCUT2D eigenvalue weighted by atomic mass is 9.71. The van der Waals surface area contributed by atoms with Crippen LogP contribution in [-0.2, 0) is 4.79 Å². The molecule has 1 atom stereocenters. The van der Waals surface area contributed by atoms with Gasteiger partial charge >= 0.3 is 0 Å². The lowest BCUT2D eigenvalue weighted by Gasteiger charge is -2.39. The molecular formula is C18H26ClNO. The Morgan fingerprint density at radius 3 is 2.43 bits per heavy atom. The van der Waals surface area contributed by atoms with E-state index >= 15 is 0 Å². The van der Waals surface area contributed by atoms with Crippen LogP contribution < -0.4 is 0 Å². The number of nitrogens with zero attached hydrogens (tertiary/aromatic N) is 1. The van der Waals surface area contributed by atoms with E-state index in [1.54, 1.807) is 0 Å². The number of benzene rings is 1. The first kappa shape index (κ1) is 16.5. The Morgan fingerprint density at radius 1 is 1.33 bits per heavy atom. The predicted octanol–water partition coefficient (Wildman–Crippen LogP) is 4.73. The summed E-state index contributed by atoms with van der Waals surface area (Å²) >= 11 is 5.95. The minimum Gasteiger partial charge on any atom is -0.303 e. The molecule has 0 aliphatic heterocycles. The van der Waals surface area contributed by atoms with Crippen molar-refractivity contribution in [2.45, 2.75) is 45.6 Å². The van der Waals surface area contributed by atoms with Crippen molar-refractivity contribution in [3.8, 4) is 0 Å². The maximum absolute atomic E-state index is 11.7. The topological polar surface area (TPSA) is 20.3 Å². The summed E-state index contributed by atoms with van der Waals surface area (Å²) in [5, 5.41) is 0.763. The molecule has 1 aliphatic carbocycles. The van der Waals surface area contributed by atoms with Gasteiger partial charge in [0.25, 0.3) is 0 Å². The van der Waals surface area contributed by atoms with Gasteiger partial charge in [0.1, 0.15) is 6.29 Å². The molecule has 21 heavy (non-hydrogen) atoms. The van der Waals surface area contributed by atoms with Crippen molar-refractivity contribution < 1.29 is 4.79 Å². The zero-order valence-corrected chi connectivity index (χ0v) is 14.1. The molecule has 2 nitrogen and oxygen atoms in total. The van der Waals surface area contributed by atoms with E-state index in [1.165, 1.54) is 24.7 Å². The summed E-state index contributed by atoms with van der Waals surface area (Å²) in [6.07, 6.45) is 5.60. The molecule has 0 radical (unpaired) electrons. The summed E-state index contributed by atoms with van der Waals surface area (Å²) in [6.45, 7) is 5.31. The highest BCUT2D eigenvalue weighted by Gasteiger charge is 2.35. The first-order valence-corrected chi connectivity index (χ1v) is 8.25. The number of rotatable bonds is 5. The Hall–Kier alpha value is -0.860. The van der Waals surface area contributed by atoms with Gasteiger partial charge in [-0.3, -0.25) is 4.90 Å². The van der Waals surface area contributed by atoms with E-state index in [2.05, 4.69) is 37.9 Å². The standard InChI is InChI=1S/C18H26ClNO/c1-14-8-10-18(13-21,11-9-14)12-20(3)15(2)16-4-6-17(19)7-5-16/h4-7,13-15H,8-12H2,1-3H3. The van der Waals surface area contributed by atoms with Crippen molar-refractivity contribution in [2.75, 3.05) is 13.6 Å². The lowest BCUT2D eigenvalue weighted by molar-refractivity contribution is -0.119. The van der Waals surface area contributed by atoms with Crippen LogP contribution in [0.5, 0.6) is 0 Å². The Morgan fingerprint density at radius 2 is 1.90 bits per heavy atom. The van der Waals surface area contributed by atoms with Gasteiger partial charge in [-0.2, -0.15) is 0 Å². The van der Waals surface area contributed by atoms with Crippen LogP contribution in [0.25, 0.3) is 0 Å². The number of halogens is 1. The van der Waals surface area contributed by atoms with E-state index in [-0.39, 0.29) is 5.41 Å². The molecule has 1 unspecified atom stereocenters. The molecule has 0 saturated heterocycles. The Kier molecular flexibility index (Phi) is 5.45. The third kappa shape index (κ3) is 4.08. The normalized spacial score (nSPS) is 27.6. The second kappa shape index (κ2) is 6.93. The smallest absolute Gasteiger partial charge is 0.127 e. The van der Waals surface area contributed by atoms with Crippen molar-refractivity contribution in [2.24, 2.45) is 11.3 Å². The predicted molar refractivity (Wildman–Crippen MR) is 88.6 cm³/mol. The monoisotopic (exact) mass is 307 g/mol. The van der Waals surface area contributed by atoms with Crippen molar-refractivity contribution in [3.05, 3.63) is 34.9 Å². The fraction of sp³-hybridized carbons (Fsp3) is 0.611. The van der Waals surface area contributed by atoms with Crippen LogP contribution in [0.2, 0.25) is 5.02 Å². The lowest BCUT2D eigenvalue weighted by Crippen LogP contribution is -2.40. The Labute approximate surface area is 133 Å². The minimum atomic E-state index is -0.151. The second-order valence-corrected chi connectivity index (χ2v) is 7.24. The van der Waals surface area contributed by atoms with Crippen molar-refractivity contribution in [1.82, 2.24) is 4.90 Å². The van der Waals surface area contributed by atoms with Gasteiger partial charge in [-0.25, -0.2) is 0 Å². The highest BCUT2D eigenvalue weighted by atomic mass is 35.5. The van der Waals surface area contributed by atoms with Gasteiger partial charge in [0.05, 0.1) is 0 Å². The molecule has 0 bridgehead atoms. The molecular weight excluding hydrogens is 282 g/mol. The fourth-order valence-electron chi connectivity index (χ4n) is 3.28. The van der Waals surface area contributed by atoms with Gasteiger partial charge in [-0.05, 0) is 63.3 Å². The highest BCUT2D eigenvalue weighted by Crippen LogP contribution is 2.39. The average Bonchev–Trinajstić information content (AvgIpc) is 2.50. The van der Waals surface area contributed by atoms with E-state index in [0.717, 1.165) is 30.3 Å². The van der Waals surface area contributed by atoms with Crippen LogP contribution in [0.4, 0.5) is 0 Å². The largest absolute Gasteiger partial charge is 0.303 e. The van der Waals surface area contributed by atoms with Crippen molar-refractivity contribution >= 4 is 17.9 Å². The van der Waals surface area contributed by atoms with Crippen LogP contribution >= 0.6 is 11.6 Å². The van der Waals surface area contributed by atoms with Gasteiger partial charge in [0.2, 0.25) is 0 Å². The maximum Gasteiger partial charge on any atom is 0.127 e. The van der Waals surface area contributed by atoms with E-state index in [9.17, 15) is 4.79 Å².